The summed E-state index contributed by atoms with van der Waals surface area (Å²) in [5.74, 6) is -0.657. The third-order valence-electron chi connectivity index (χ3n) is 6.04. The quantitative estimate of drug-likeness (QED) is 0.672. The van der Waals surface area contributed by atoms with Gasteiger partial charge in [0, 0.05) is 30.0 Å². The van der Waals surface area contributed by atoms with Crippen molar-refractivity contribution in [1.29, 1.82) is 0 Å². The Morgan fingerprint density at radius 3 is 2.39 bits per heavy atom. The predicted molar refractivity (Wildman–Crippen MR) is 106 cm³/mol. The van der Waals surface area contributed by atoms with Crippen molar-refractivity contribution in [3.63, 3.8) is 0 Å². The fourth-order valence-corrected chi connectivity index (χ4v) is 6.37. The minimum atomic E-state index is -3.09. The number of hydrogen-bond acceptors (Lipinski definition) is 5. The Kier molecular flexibility index (Phi) is 6.17. The van der Waals surface area contributed by atoms with Gasteiger partial charge in [0.05, 0.1) is 17.1 Å². The molecule has 1 saturated carbocycles. The lowest BCUT2D eigenvalue weighted by Crippen LogP contribution is -2.48. The van der Waals surface area contributed by atoms with Crippen molar-refractivity contribution in [1.82, 2.24) is 9.47 Å². The number of sulfone groups is 1. The number of nitrogens with zero attached hydrogens (tertiary/aromatic N) is 2. The van der Waals surface area contributed by atoms with Crippen LogP contribution in [0.5, 0.6) is 0 Å². The minimum absolute atomic E-state index is 0.0147. The Morgan fingerprint density at radius 1 is 1.18 bits per heavy atom. The molecule has 0 N–H and O–H groups in total. The first-order valence-corrected chi connectivity index (χ1v) is 11.9. The standard InChI is InChI=1S/C20H30N2O5S/c1-4-21-14(2)11-18(15(21)3)20(24)27-12-19(23)22(16-7-5-6-8-16)17-9-10-28(25,26)13-17/h11,16-17H,4-10,12-13H2,1-3H3/t17-/m1/s1. The molecule has 1 aliphatic heterocycles. The van der Waals surface area contributed by atoms with Gasteiger partial charge in [0.15, 0.2) is 16.4 Å². The summed E-state index contributed by atoms with van der Waals surface area (Å²) in [6.07, 6.45) is 4.31. The number of hydrogen-bond donors (Lipinski definition) is 0. The van der Waals surface area contributed by atoms with E-state index in [1.807, 2.05) is 25.3 Å². The van der Waals surface area contributed by atoms with Gasteiger partial charge in [-0.1, -0.05) is 12.8 Å². The fourth-order valence-electron chi connectivity index (χ4n) is 4.66. The van der Waals surface area contributed by atoms with Crippen LogP contribution in [-0.4, -0.2) is 60.0 Å². The number of esters is 1. The molecule has 0 bridgehead atoms. The zero-order chi connectivity index (χ0) is 20.5. The molecule has 2 heterocycles. The largest absolute Gasteiger partial charge is 0.452 e. The first-order valence-electron chi connectivity index (χ1n) is 10.1. The molecule has 28 heavy (non-hydrogen) atoms. The SMILES string of the molecule is CCn1c(C)cc(C(=O)OCC(=O)N(C2CCCC2)[C@@H]2CCS(=O)(=O)C2)c1C. The lowest BCUT2D eigenvalue weighted by Gasteiger charge is -2.33. The zero-order valence-corrected chi connectivity index (χ0v) is 17.8. The summed E-state index contributed by atoms with van der Waals surface area (Å²) >= 11 is 0. The minimum Gasteiger partial charge on any atom is -0.452 e. The van der Waals surface area contributed by atoms with Crippen LogP contribution in [0.3, 0.4) is 0 Å². The Bertz CT molecular complexity index is 852. The molecule has 0 unspecified atom stereocenters. The highest BCUT2D eigenvalue weighted by molar-refractivity contribution is 7.91. The molecule has 7 nitrogen and oxygen atoms in total. The molecule has 0 spiro atoms. The van der Waals surface area contributed by atoms with Gasteiger partial charge >= 0.3 is 5.97 Å². The zero-order valence-electron chi connectivity index (χ0n) is 16.9. The molecule has 156 valence electrons. The monoisotopic (exact) mass is 410 g/mol. The lowest BCUT2D eigenvalue weighted by atomic mass is 10.1. The number of aryl methyl sites for hydroxylation is 1. The molecule has 2 aliphatic rings. The maximum Gasteiger partial charge on any atom is 0.340 e. The van der Waals surface area contributed by atoms with Gasteiger partial charge in [0.25, 0.3) is 5.91 Å². The van der Waals surface area contributed by atoms with E-state index in [4.69, 9.17) is 4.74 Å². The van der Waals surface area contributed by atoms with E-state index in [0.717, 1.165) is 43.6 Å². The van der Waals surface area contributed by atoms with Gasteiger partial charge in [0.1, 0.15) is 0 Å². The molecule has 2 fully saturated rings. The average Bonchev–Trinajstić information content (AvgIpc) is 3.34. The summed E-state index contributed by atoms with van der Waals surface area (Å²) in [7, 11) is -3.09. The highest BCUT2D eigenvalue weighted by Crippen LogP contribution is 2.29. The van der Waals surface area contributed by atoms with Crippen LogP contribution < -0.4 is 0 Å². The normalized spacial score (nSPS) is 21.8. The third kappa shape index (κ3) is 4.26. The first-order chi connectivity index (χ1) is 13.2. The smallest absolute Gasteiger partial charge is 0.340 e. The van der Waals surface area contributed by atoms with E-state index in [1.54, 1.807) is 11.0 Å². The number of carbonyl (C=O) groups is 2. The van der Waals surface area contributed by atoms with Gasteiger partial charge in [-0.2, -0.15) is 0 Å². The van der Waals surface area contributed by atoms with Gasteiger partial charge in [-0.05, 0) is 46.1 Å². The van der Waals surface area contributed by atoms with Crippen LogP contribution in [-0.2, 0) is 25.9 Å². The van der Waals surface area contributed by atoms with Gasteiger partial charge in [-0.15, -0.1) is 0 Å². The van der Waals surface area contributed by atoms with Crippen LogP contribution in [0.15, 0.2) is 6.07 Å². The van der Waals surface area contributed by atoms with Crippen LogP contribution in [0, 0.1) is 13.8 Å². The van der Waals surface area contributed by atoms with Crippen LogP contribution in [0.4, 0.5) is 0 Å². The maximum absolute atomic E-state index is 12.9. The lowest BCUT2D eigenvalue weighted by molar-refractivity contribution is -0.139. The number of carbonyl (C=O) groups excluding carboxylic acids is 2. The highest BCUT2D eigenvalue weighted by Gasteiger charge is 2.39. The van der Waals surface area contributed by atoms with E-state index in [9.17, 15) is 18.0 Å². The second-order valence-corrected chi connectivity index (χ2v) is 10.1. The van der Waals surface area contributed by atoms with E-state index >= 15 is 0 Å². The van der Waals surface area contributed by atoms with Gasteiger partial charge < -0.3 is 14.2 Å². The van der Waals surface area contributed by atoms with E-state index in [1.165, 1.54) is 0 Å². The molecule has 8 heteroatoms. The molecular formula is C20H30N2O5S. The molecule has 0 radical (unpaired) electrons. The van der Waals surface area contributed by atoms with Crippen LogP contribution >= 0.6 is 0 Å². The van der Waals surface area contributed by atoms with E-state index < -0.39 is 15.8 Å². The molecule has 1 atom stereocenters. The summed E-state index contributed by atoms with van der Waals surface area (Å²) in [5.41, 5.74) is 2.28. The molecular weight excluding hydrogens is 380 g/mol. The van der Waals surface area contributed by atoms with E-state index in [2.05, 4.69) is 0 Å². The Labute approximate surface area is 166 Å². The summed E-state index contributed by atoms with van der Waals surface area (Å²) in [5, 5.41) is 0. The molecule has 3 rings (SSSR count). The van der Waals surface area contributed by atoms with Gasteiger partial charge in [-0.25, -0.2) is 13.2 Å². The fraction of sp³-hybridized carbons (Fsp3) is 0.700. The molecule has 1 saturated heterocycles. The number of aromatic nitrogens is 1. The Balaban J connectivity index is 1.69. The Hall–Kier alpha value is -1.83. The predicted octanol–water partition coefficient (Wildman–Crippen LogP) is 2.24. The van der Waals surface area contributed by atoms with Crippen molar-refractivity contribution in [3.8, 4) is 0 Å². The third-order valence-corrected chi connectivity index (χ3v) is 7.79. The van der Waals surface area contributed by atoms with Gasteiger partial charge in [-0.3, -0.25) is 4.79 Å². The number of ether oxygens (including phenoxy) is 1. The van der Waals surface area contributed by atoms with Crippen molar-refractivity contribution >= 4 is 21.7 Å². The summed E-state index contributed by atoms with van der Waals surface area (Å²) in [6.45, 7) is 6.22. The van der Waals surface area contributed by atoms with Crippen LogP contribution in [0.2, 0.25) is 0 Å². The number of rotatable bonds is 6. The maximum atomic E-state index is 12.9. The van der Waals surface area contributed by atoms with Crippen molar-refractivity contribution < 1.29 is 22.7 Å². The van der Waals surface area contributed by atoms with E-state index in [-0.39, 0.29) is 36.1 Å². The molecule has 1 aromatic rings. The second-order valence-electron chi connectivity index (χ2n) is 7.90. The van der Waals surface area contributed by atoms with Crippen LogP contribution in [0.25, 0.3) is 0 Å². The molecule has 1 aliphatic carbocycles. The Morgan fingerprint density at radius 2 is 1.86 bits per heavy atom. The highest BCUT2D eigenvalue weighted by atomic mass is 32.2. The van der Waals surface area contributed by atoms with Crippen molar-refractivity contribution in [2.75, 3.05) is 18.1 Å². The first kappa shape index (κ1) is 20.9. The van der Waals surface area contributed by atoms with Crippen LogP contribution in [0.1, 0.15) is 60.8 Å². The van der Waals surface area contributed by atoms with Crippen molar-refractivity contribution in [2.24, 2.45) is 0 Å². The summed E-state index contributed by atoms with van der Waals surface area (Å²) in [4.78, 5) is 27.2. The topological polar surface area (TPSA) is 85.7 Å². The van der Waals surface area contributed by atoms with E-state index in [0.29, 0.717) is 12.0 Å². The molecule has 0 aromatic carbocycles. The van der Waals surface area contributed by atoms with Gasteiger partial charge in [0.2, 0.25) is 0 Å². The summed E-state index contributed by atoms with van der Waals surface area (Å²) < 4.78 is 31.2. The molecule has 1 aromatic heterocycles. The van der Waals surface area contributed by atoms with Crippen molar-refractivity contribution in [2.45, 2.75) is 71.5 Å². The molecule has 1 amide bonds. The van der Waals surface area contributed by atoms with Crippen molar-refractivity contribution in [3.05, 3.63) is 23.0 Å². The second kappa shape index (κ2) is 8.27. The number of amides is 1. The average molecular weight is 411 g/mol. The summed E-state index contributed by atoms with van der Waals surface area (Å²) in [6, 6.07) is 1.53.